The molecule has 104 valence electrons. The molecule has 1 heterocycles. The number of rotatable bonds is 4. The highest BCUT2D eigenvalue weighted by molar-refractivity contribution is 5.76. The second kappa shape index (κ2) is 6.58. The maximum Gasteiger partial charge on any atom is 0.222 e. The van der Waals surface area contributed by atoms with Crippen molar-refractivity contribution in [1.29, 1.82) is 0 Å². The van der Waals surface area contributed by atoms with Crippen molar-refractivity contribution in [2.24, 2.45) is 0 Å². The molecule has 1 saturated heterocycles. The molecular weight excluding hydrogens is 254 g/mol. The molecule has 1 unspecified atom stereocenters. The Bertz CT molecular complexity index is 448. The fourth-order valence-corrected chi connectivity index (χ4v) is 1.88. The van der Waals surface area contributed by atoms with Gasteiger partial charge < -0.3 is 15.4 Å². The second-order valence-electron chi connectivity index (χ2n) is 4.43. The predicted molar refractivity (Wildman–Crippen MR) is 65.4 cm³/mol. The van der Waals surface area contributed by atoms with E-state index in [-0.39, 0.29) is 25.0 Å². The van der Waals surface area contributed by atoms with Crippen molar-refractivity contribution in [3.8, 4) is 0 Å². The molecule has 4 nitrogen and oxygen atoms in total. The smallest absolute Gasteiger partial charge is 0.222 e. The molecule has 19 heavy (non-hydrogen) atoms. The largest absolute Gasteiger partial charge is 0.375 e. The van der Waals surface area contributed by atoms with Crippen molar-refractivity contribution in [3.63, 3.8) is 0 Å². The summed E-state index contributed by atoms with van der Waals surface area (Å²) in [5.74, 6) is -1.97. The lowest BCUT2D eigenvalue weighted by molar-refractivity contribution is -0.124. The maximum atomic E-state index is 13.0. The molecule has 2 rings (SSSR count). The average molecular weight is 270 g/mol. The number of carbonyl (C=O) groups excluding carboxylic acids is 1. The molecule has 0 aliphatic carbocycles. The van der Waals surface area contributed by atoms with Crippen LogP contribution in [0.4, 0.5) is 8.78 Å². The third-order valence-corrected chi connectivity index (χ3v) is 2.89. The number of benzene rings is 1. The summed E-state index contributed by atoms with van der Waals surface area (Å²) in [5.41, 5.74) is 0.523. The summed E-state index contributed by atoms with van der Waals surface area (Å²) in [6.45, 7) is 2.23. The molecule has 2 N–H and O–H groups in total. The molecule has 1 fully saturated rings. The zero-order valence-electron chi connectivity index (χ0n) is 10.4. The number of hydrogen-bond donors (Lipinski definition) is 2. The Morgan fingerprint density at radius 3 is 2.95 bits per heavy atom. The van der Waals surface area contributed by atoms with Gasteiger partial charge in [0.2, 0.25) is 5.91 Å². The lowest BCUT2D eigenvalue weighted by atomic mass is 10.2. The van der Waals surface area contributed by atoms with E-state index < -0.39 is 11.6 Å². The van der Waals surface area contributed by atoms with E-state index in [1.165, 1.54) is 6.07 Å². The minimum atomic E-state index is -0.911. The number of morpholine rings is 1. The fourth-order valence-electron chi connectivity index (χ4n) is 1.88. The van der Waals surface area contributed by atoms with E-state index in [4.69, 9.17) is 4.74 Å². The van der Waals surface area contributed by atoms with E-state index in [2.05, 4.69) is 10.6 Å². The number of nitrogens with one attached hydrogen (secondary N) is 2. The van der Waals surface area contributed by atoms with Gasteiger partial charge in [-0.3, -0.25) is 4.79 Å². The summed E-state index contributed by atoms with van der Waals surface area (Å²) in [6.07, 6.45) is 0.134. The molecule has 0 radical (unpaired) electrons. The summed E-state index contributed by atoms with van der Waals surface area (Å²) in [5, 5.41) is 5.79. The Kier molecular flexibility index (Phi) is 4.81. The van der Waals surface area contributed by atoms with E-state index in [0.29, 0.717) is 18.7 Å². The predicted octanol–water partition coefficient (Wildman–Crippen LogP) is 0.960. The van der Waals surface area contributed by atoms with Gasteiger partial charge in [-0.05, 0) is 17.7 Å². The van der Waals surface area contributed by atoms with Crippen LogP contribution in [0.1, 0.15) is 12.0 Å². The highest BCUT2D eigenvalue weighted by Gasteiger charge is 2.17. The molecule has 0 saturated carbocycles. The molecule has 1 amide bonds. The molecule has 0 bridgehead atoms. The first kappa shape index (κ1) is 13.9. The third kappa shape index (κ3) is 4.25. The van der Waals surface area contributed by atoms with Crippen LogP contribution < -0.4 is 10.6 Å². The SMILES string of the molecule is O=C(CC1CNCCO1)NCc1ccc(F)c(F)c1. The molecule has 1 aliphatic rings. The van der Waals surface area contributed by atoms with Crippen LogP contribution in [-0.4, -0.2) is 31.7 Å². The van der Waals surface area contributed by atoms with Gasteiger partial charge in [0.05, 0.1) is 19.1 Å². The van der Waals surface area contributed by atoms with Crippen molar-refractivity contribution in [3.05, 3.63) is 35.4 Å². The van der Waals surface area contributed by atoms with Gasteiger partial charge in [-0.15, -0.1) is 0 Å². The number of amides is 1. The van der Waals surface area contributed by atoms with Crippen LogP contribution in [0.2, 0.25) is 0 Å². The van der Waals surface area contributed by atoms with E-state index >= 15 is 0 Å². The standard InChI is InChI=1S/C13H16F2N2O2/c14-11-2-1-9(5-12(11)15)7-17-13(18)6-10-8-16-3-4-19-10/h1-2,5,10,16H,3-4,6-8H2,(H,17,18). The van der Waals surface area contributed by atoms with Gasteiger partial charge in [-0.25, -0.2) is 8.78 Å². The monoisotopic (exact) mass is 270 g/mol. The first-order valence-electron chi connectivity index (χ1n) is 6.18. The van der Waals surface area contributed by atoms with Gasteiger partial charge in [0, 0.05) is 19.6 Å². The van der Waals surface area contributed by atoms with E-state index in [1.807, 2.05) is 0 Å². The van der Waals surface area contributed by atoms with Gasteiger partial charge in [-0.1, -0.05) is 6.07 Å². The fraction of sp³-hybridized carbons (Fsp3) is 0.462. The molecule has 6 heteroatoms. The van der Waals surface area contributed by atoms with E-state index in [9.17, 15) is 13.6 Å². The summed E-state index contributed by atoms with van der Waals surface area (Å²) < 4.78 is 31.1. The Balaban J connectivity index is 1.77. The van der Waals surface area contributed by atoms with Gasteiger partial charge in [0.15, 0.2) is 11.6 Å². The highest BCUT2D eigenvalue weighted by Crippen LogP contribution is 2.08. The second-order valence-corrected chi connectivity index (χ2v) is 4.43. The minimum absolute atomic E-state index is 0.126. The molecule has 1 aromatic rings. The van der Waals surface area contributed by atoms with E-state index in [1.54, 1.807) is 0 Å². The van der Waals surface area contributed by atoms with Crippen molar-refractivity contribution in [2.45, 2.75) is 19.1 Å². The van der Waals surface area contributed by atoms with E-state index in [0.717, 1.165) is 18.7 Å². The Morgan fingerprint density at radius 1 is 1.42 bits per heavy atom. The molecule has 0 spiro atoms. The zero-order chi connectivity index (χ0) is 13.7. The summed E-state index contributed by atoms with van der Waals surface area (Å²) in [7, 11) is 0. The van der Waals surface area contributed by atoms with Crippen LogP contribution in [0.5, 0.6) is 0 Å². The van der Waals surface area contributed by atoms with Crippen molar-refractivity contribution < 1.29 is 18.3 Å². The molecule has 1 aromatic carbocycles. The zero-order valence-corrected chi connectivity index (χ0v) is 10.4. The Labute approximate surface area is 110 Å². The number of hydrogen-bond acceptors (Lipinski definition) is 3. The van der Waals surface area contributed by atoms with Crippen LogP contribution in [-0.2, 0) is 16.1 Å². The number of ether oxygens (including phenoxy) is 1. The van der Waals surface area contributed by atoms with Crippen LogP contribution in [0, 0.1) is 11.6 Å². The first-order valence-corrected chi connectivity index (χ1v) is 6.18. The van der Waals surface area contributed by atoms with Crippen molar-refractivity contribution >= 4 is 5.91 Å². The third-order valence-electron chi connectivity index (χ3n) is 2.89. The Morgan fingerprint density at radius 2 is 2.26 bits per heavy atom. The lowest BCUT2D eigenvalue weighted by Gasteiger charge is -2.23. The van der Waals surface area contributed by atoms with Crippen molar-refractivity contribution in [1.82, 2.24) is 10.6 Å². The van der Waals surface area contributed by atoms with Crippen LogP contribution in [0.25, 0.3) is 0 Å². The number of halogens is 2. The molecular formula is C13H16F2N2O2. The van der Waals surface area contributed by atoms with Gasteiger partial charge in [0.25, 0.3) is 0 Å². The van der Waals surface area contributed by atoms with Gasteiger partial charge in [0.1, 0.15) is 0 Å². The maximum absolute atomic E-state index is 13.0. The van der Waals surface area contributed by atoms with Crippen LogP contribution >= 0.6 is 0 Å². The Hall–Kier alpha value is -1.53. The molecule has 1 atom stereocenters. The van der Waals surface area contributed by atoms with Gasteiger partial charge in [-0.2, -0.15) is 0 Å². The minimum Gasteiger partial charge on any atom is -0.375 e. The summed E-state index contributed by atoms with van der Waals surface area (Å²) >= 11 is 0. The molecule has 0 aromatic heterocycles. The average Bonchev–Trinajstić information content (AvgIpc) is 2.41. The topological polar surface area (TPSA) is 50.4 Å². The summed E-state index contributed by atoms with van der Waals surface area (Å²) in [6, 6.07) is 3.57. The lowest BCUT2D eigenvalue weighted by Crippen LogP contribution is -2.41. The normalized spacial score (nSPS) is 19.2. The van der Waals surface area contributed by atoms with Crippen LogP contribution in [0.15, 0.2) is 18.2 Å². The first-order chi connectivity index (χ1) is 9.15. The number of carbonyl (C=O) groups is 1. The highest BCUT2D eigenvalue weighted by atomic mass is 19.2. The van der Waals surface area contributed by atoms with Gasteiger partial charge >= 0.3 is 0 Å². The van der Waals surface area contributed by atoms with Crippen LogP contribution in [0.3, 0.4) is 0 Å². The molecule has 1 aliphatic heterocycles. The van der Waals surface area contributed by atoms with Crippen molar-refractivity contribution in [2.75, 3.05) is 19.7 Å². The quantitative estimate of drug-likeness (QED) is 0.857. The summed E-state index contributed by atoms with van der Waals surface area (Å²) in [4.78, 5) is 11.6.